The molecule has 6 heteroatoms. The first-order valence-corrected chi connectivity index (χ1v) is 5.35. The largest absolute Gasteiger partial charge is 0.495 e. The summed E-state index contributed by atoms with van der Waals surface area (Å²) in [5, 5.41) is 6.27. The number of nitrogens with two attached hydrogens (primary N) is 1. The number of para-hydroxylation sites is 2. The van der Waals surface area contributed by atoms with Gasteiger partial charge in [0, 0.05) is 7.05 Å². The molecule has 0 aliphatic heterocycles. The van der Waals surface area contributed by atoms with Gasteiger partial charge in [-0.3, -0.25) is 9.89 Å². The Morgan fingerprint density at radius 1 is 1.44 bits per heavy atom. The lowest BCUT2D eigenvalue weighted by molar-refractivity contribution is 0.0993. The zero-order valence-corrected chi connectivity index (χ0v) is 10.2. The highest BCUT2D eigenvalue weighted by molar-refractivity contribution is 6.09. The first-order valence-electron chi connectivity index (χ1n) is 5.35. The molecular formula is C12H14N4O2. The SMILES string of the molecule is COc1ccccc1N(C)C(=O)c1cn[nH]c1N. The Morgan fingerprint density at radius 3 is 2.78 bits per heavy atom. The highest BCUT2D eigenvalue weighted by atomic mass is 16.5. The first-order chi connectivity index (χ1) is 8.65. The molecule has 0 atom stereocenters. The van der Waals surface area contributed by atoms with Crippen LogP contribution in [-0.2, 0) is 0 Å². The van der Waals surface area contributed by atoms with Crippen molar-refractivity contribution in [3.8, 4) is 5.75 Å². The van der Waals surface area contributed by atoms with E-state index in [0.29, 0.717) is 17.0 Å². The number of nitrogens with one attached hydrogen (secondary N) is 1. The fourth-order valence-electron chi connectivity index (χ4n) is 1.66. The normalized spacial score (nSPS) is 10.1. The molecule has 18 heavy (non-hydrogen) atoms. The molecule has 94 valence electrons. The molecule has 0 saturated heterocycles. The number of hydrogen-bond donors (Lipinski definition) is 2. The van der Waals surface area contributed by atoms with Crippen molar-refractivity contribution in [2.24, 2.45) is 0 Å². The van der Waals surface area contributed by atoms with Gasteiger partial charge in [-0.05, 0) is 12.1 Å². The molecule has 0 radical (unpaired) electrons. The second-order valence-electron chi connectivity index (χ2n) is 3.73. The number of carbonyl (C=O) groups is 1. The van der Waals surface area contributed by atoms with E-state index < -0.39 is 0 Å². The molecule has 0 saturated carbocycles. The van der Waals surface area contributed by atoms with Crippen molar-refractivity contribution in [3.05, 3.63) is 36.0 Å². The first kappa shape index (κ1) is 12.0. The minimum atomic E-state index is -0.245. The Bertz CT molecular complexity index is 565. The Morgan fingerprint density at radius 2 is 2.17 bits per heavy atom. The molecule has 0 fully saturated rings. The maximum atomic E-state index is 12.2. The second kappa shape index (κ2) is 4.79. The van der Waals surface area contributed by atoms with Gasteiger partial charge in [0.2, 0.25) is 0 Å². The molecule has 0 spiro atoms. The summed E-state index contributed by atoms with van der Waals surface area (Å²) < 4.78 is 5.22. The van der Waals surface area contributed by atoms with Crippen molar-refractivity contribution in [2.75, 3.05) is 24.8 Å². The molecule has 1 heterocycles. The molecule has 1 aromatic heterocycles. The minimum Gasteiger partial charge on any atom is -0.495 e. The summed E-state index contributed by atoms with van der Waals surface area (Å²) in [4.78, 5) is 13.7. The molecule has 6 nitrogen and oxygen atoms in total. The van der Waals surface area contributed by atoms with Gasteiger partial charge in [0.25, 0.3) is 5.91 Å². The van der Waals surface area contributed by atoms with Crippen LogP contribution >= 0.6 is 0 Å². The monoisotopic (exact) mass is 246 g/mol. The molecule has 3 N–H and O–H groups in total. The fraction of sp³-hybridized carbons (Fsp3) is 0.167. The third-order valence-electron chi connectivity index (χ3n) is 2.65. The number of aromatic amines is 1. The number of benzene rings is 1. The number of ether oxygens (including phenoxy) is 1. The van der Waals surface area contributed by atoms with Crippen molar-refractivity contribution in [1.29, 1.82) is 0 Å². The van der Waals surface area contributed by atoms with Gasteiger partial charge in [0.1, 0.15) is 17.1 Å². The molecular weight excluding hydrogens is 232 g/mol. The Kier molecular flexibility index (Phi) is 3.18. The van der Waals surface area contributed by atoms with Crippen LogP contribution in [0.3, 0.4) is 0 Å². The van der Waals surface area contributed by atoms with Gasteiger partial charge < -0.3 is 15.4 Å². The molecule has 0 aliphatic rings. The average Bonchev–Trinajstić information content (AvgIpc) is 2.83. The predicted octanol–water partition coefficient (Wildman–Crippen LogP) is 1.28. The number of anilines is 2. The van der Waals surface area contributed by atoms with Crippen molar-refractivity contribution in [1.82, 2.24) is 10.2 Å². The van der Waals surface area contributed by atoms with Crippen molar-refractivity contribution < 1.29 is 9.53 Å². The van der Waals surface area contributed by atoms with Crippen molar-refractivity contribution >= 4 is 17.4 Å². The van der Waals surface area contributed by atoms with Gasteiger partial charge >= 0.3 is 0 Å². The summed E-state index contributed by atoms with van der Waals surface area (Å²) in [5.41, 5.74) is 6.64. The molecule has 0 unspecified atom stereocenters. The van der Waals surface area contributed by atoms with E-state index in [0.717, 1.165) is 0 Å². The molecule has 0 aliphatic carbocycles. The highest BCUT2D eigenvalue weighted by Crippen LogP contribution is 2.28. The van der Waals surface area contributed by atoms with Gasteiger partial charge in [-0.25, -0.2) is 0 Å². The van der Waals surface area contributed by atoms with Gasteiger partial charge in [-0.1, -0.05) is 12.1 Å². The number of rotatable bonds is 3. The van der Waals surface area contributed by atoms with E-state index >= 15 is 0 Å². The number of carbonyl (C=O) groups excluding carboxylic acids is 1. The molecule has 1 amide bonds. The van der Waals surface area contributed by atoms with Gasteiger partial charge in [0.15, 0.2) is 0 Å². The zero-order chi connectivity index (χ0) is 13.1. The lowest BCUT2D eigenvalue weighted by Gasteiger charge is -2.19. The van der Waals surface area contributed by atoms with Crippen LogP contribution in [0.15, 0.2) is 30.5 Å². The van der Waals surface area contributed by atoms with Crippen LogP contribution in [0, 0.1) is 0 Å². The number of hydrogen-bond acceptors (Lipinski definition) is 4. The van der Waals surface area contributed by atoms with Crippen molar-refractivity contribution in [2.45, 2.75) is 0 Å². The smallest absolute Gasteiger partial charge is 0.263 e. The summed E-state index contributed by atoms with van der Waals surface area (Å²) in [7, 11) is 3.22. The van der Waals surface area contributed by atoms with Crippen LogP contribution < -0.4 is 15.4 Å². The van der Waals surface area contributed by atoms with E-state index in [1.807, 2.05) is 12.1 Å². The predicted molar refractivity (Wildman–Crippen MR) is 68.7 cm³/mol. The Balaban J connectivity index is 2.34. The number of nitrogen functional groups attached to an aromatic ring is 1. The van der Waals surface area contributed by atoms with Gasteiger partial charge in [-0.2, -0.15) is 5.10 Å². The van der Waals surface area contributed by atoms with Crippen LogP contribution in [0.4, 0.5) is 11.5 Å². The van der Waals surface area contributed by atoms with Crippen LogP contribution in [0.25, 0.3) is 0 Å². The molecule has 0 bridgehead atoms. The van der Waals surface area contributed by atoms with Gasteiger partial charge in [-0.15, -0.1) is 0 Å². The topological polar surface area (TPSA) is 84.2 Å². The minimum absolute atomic E-state index is 0.245. The molecule has 1 aromatic carbocycles. The number of nitrogens with zero attached hydrogens (tertiary/aromatic N) is 2. The third kappa shape index (κ3) is 2.00. The maximum Gasteiger partial charge on any atom is 0.263 e. The van der Waals surface area contributed by atoms with Crippen molar-refractivity contribution in [3.63, 3.8) is 0 Å². The summed E-state index contributed by atoms with van der Waals surface area (Å²) in [5.74, 6) is 0.628. The van der Waals surface area contributed by atoms with Gasteiger partial charge in [0.05, 0.1) is 19.0 Å². The highest BCUT2D eigenvalue weighted by Gasteiger charge is 2.19. The van der Waals surface area contributed by atoms with E-state index in [1.54, 1.807) is 26.3 Å². The average molecular weight is 246 g/mol. The van der Waals surface area contributed by atoms with Crippen LogP contribution in [0.5, 0.6) is 5.75 Å². The lowest BCUT2D eigenvalue weighted by atomic mass is 10.2. The van der Waals surface area contributed by atoms with Crippen LogP contribution in [-0.4, -0.2) is 30.3 Å². The van der Waals surface area contributed by atoms with E-state index in [-0.39, 0.29) is 11.7 Å². The third-order valence-corrected chi connectivity index (χ3v) is 2.65. The quantitative estimate of drug-likeness (QED) is 0.854. The number of H-pyrrole nitrogens is 1. The summed E-state index contributed by atoms with van der Waals surface area (Å²) in [6, 6.07) is 7.26. The van der Waals surface area contributed by atoms with E-state index in [9.17, 15) is 4.79 Å². The lowest BCUT2D eigenvalue weighted by Crippen LogP contribution is -2.27. The molecule has 2 aromatic rings. The molecule has 2 rings (SSSR count). The van der Waals surface area contributed by atoms with Crippen LogP contribution in [0.1, 0.15) is 10.4 Å². The van der Waals surface area contributed by atoms with Crippen LogP contribution in [0.2, 0.25) is 0 Å². The maximum absolute atomic E-state index is 12.2. The summed E-state index contributed by atoms with van der Waals surface area (Å²) >= 11 is 0. The van der Waals surface area contributed by atoms with E-state index in [4.69, 9.17) is 10.5 Å². The fourth-order valence-corrected chi connectivity index (χ4v) is 1.66. The number of aromatic nitrogens is 2. The summed E-state index contributed by atoms with van der Waals surface area (Å²) in [6.45, 7) is 0. The van der Waals surface area contributed by atoms with E-state index in [2.05, 4.69) is 10.2 Å². The zero-order valence-electron chi connectivity index (χ0n) is 10.2. The number of amides is 1. The Hall–Kier alpha value is -2.50. The number of methoxy groups -OCH3 is 1. The summed E-state index contributed by atoms with van der Waals surface area (Å²) in [6.07, 6.45) is 1.41. The standard InChI is InChI=1S/C12H14N4O2/c1-16(9-5-3-4-6-10(9)18-2)12(17)8-7-14-15-11(8)13/h3-7H,1-2H3,(H3,13,14,15). The van der Waals surface area contributed by atoms with E-state index in [1.165, 1.54) is 11.1 Å². The second-order valence-corrected chi connectivity index (χ2v) is 3.73. The Labute approximate surface area is 104 Å².